The number of hydrogen-bond donors (Lipinski definition) is 1. The van der Waals surface area contributed by atoms with Gasteiger partial charge in [0.1, 0.15) is 5.82 Å². The Balaban J connectivity index is 1.27. The van der Waals surface area contributed by atoms with E-state index in [-0.39, 0.29) is 11.8 Å². The van der Waals surface area contributed by atoms with E-state index in [1.165, 1.54) is 5.56 Å². The van der Waals surface area contributed by atoms with E-state index in [0.29, 0.717) is 0 Å². The van der Waals surface area contributed by atoms with Crippen molar-refractivity contribution in [1.29, 1.82) is 0 Å². The molecule has 1 aliphatic heterocycles. The number of benzene rings is 2. The van der Waals surface area contributed by atoms with Crippen molar-refractivity contribution in [1.82, 2.24) is 19.2 Å². The number of likely N-dealkylation sites (tertiary alicyclic amines) is 1. The smallest absolute Gasteiger partial charge is 0.227 e. The molecule has 168 valence electrons. The number of nitrogens with one attached hydrogen (secondary N) is 1. The van der Waals surface area contributed by atoms with Gasteiger partial charge in [0, 0.05) is 36.1 Å². The second-order valence-corrected chi connectivity index (χ2v) is 8.69. The summed E-state index contributed by atoms with van der Waals surface area (Å²) in [6, 6.07) is 22.2. The summed E-state index contributed by atoms with van der Waals surface area (Å²) in [6.07, 6.45) is 7.82. The number of nitrogens with zero attached hydrogens (tertiary/aromatic N) is 4. The second kappa shape index (κ2) is 9.46. The molecule has 6 heteroatoms. The molecular weight excluding hydrogens is 410 g/mol. The molecule has 1 aliphatic rings. The molecule has 0 bridgehead atoms. The van der Waals surface area contributed by atoms with Crippen LogP contribution in [0.25, 0.3) is 11.5 Å². The van der Waals surface area contributed by atoms with Crippen LogP contribution in [0.5, 0.6) is 0 Å². The van der Waals surface area contributed by atoms with Crippen LogP contribution in [0.3, 0.4) is 0 Å². The fraction of sp³-hybridized carbons (Fsp3) is 0.259. The van der Waals surface area contributed by atoms with Crippen LogP contribution in [0, 0.1) is 12.8 Å². The lowest BCUT2D eigenvalue weighted by Crippen LogP contribution is -2.38. The van der Waals surface area contributed by atoms with Crippen molar-refractivity contribution in [2.75, 3.05) is 18.4 Å². The molecular formula is C27H29N5O. The molecule has 0 atom stereocenters. The van der Waals surface area contributed by atoms with Gasteiger partial charge in [-0.3, -0.25) is 9.69 Å². The fourth-order valence-corrected chi connectivity index (χ4v) is 4.54. The largest absolute Gasteiger partial charge is 0.326 e. The molecule has 33 heavy (non-hydrogen) atoms. The highest BCUT2D eigenvalue weighted by Crippen LogP contribution is 2.25. The molecule has 1 amide bonds. The first-order valence-electron chi connectivity index (χ1n) is 11.5. The van der Waals surface area contributed by atoms with Gasteiger partial charge in [-0.1, -0.05) is 36.4 Å². The van der Waals surface area contributed by atoms with Crippen LogP contribution < -0.4 is 5.32 Å². The summed E-state index contributed by atoms with van der Waals surface area (Å²) in [5.41, 5.74) is 4.22. The molecule has 1 fully saturated rings. The Morgan fingerprint density at radius 3 is 2.39 bits per heavy atom. The molecule has 0 saturated carbocycles. The van der Waals surface area contributed by atoms with Gasteiger partial charge in [-0.15, -0.1) is 0 Å². The predicted octanol–water partition coefficient (Wildman–Crippen LogP) is 4.82. The highest BCUT2D eigenvalue weighted by molar-refractivity contribution is 5.93. The lowest BCUT2D eigenvalue weighted by Gasteiger charge is -2.31. The molecule has 0 spiro atoms. The van der Waals surface area contributed by atoms with E-state index in [1.807, 2.05) is 72.4 Å². The lowest BCUT2D eigenvalue weighted by molar-refractivity contribution is -0.121. The molecule has 1 saturated heterocycles. The van der Waals surface area contributed by atoms with Crippen molar-refractivity contribution in [3.8, 4) is 11.5 Å². The van der Waals surface area contributed by atoms with E-state index in [9.17, 15) is 4.79 Å². The van der Waals surface area contributed by atoms with Crippen LogP contribution >= 0.6 is 0 Å². The number of aromatic nitrogens is 3. The van der Waals surface area contributed by atoms with Crippen LogP contribution in [-0.2, 0) is 11.3 Å². The zero-order chi connectivity index (χ0) is 22.6. The average molecular weight is 440 g/mol. The number of para-hydroxylation sites is 2. The summed E-state index contributed by atoms with van der Waals surface area (Å²) in [5, 5.41) is 7.83. The molecule has 3 heterocycles. The van der Waals surface area contributed by atoms with E-state index in [1.54, 1.807) is 0 Å². The SMILES string of the molecule is Cc1ccccc1NC(=O)C1CCN(Cc2cnn(-c3ccccc3)c2-n2cccc2)CC1. The van der Waals surface area contributed by atoms with E-state index in [4.69, 9.17) is 5.10 Å². The molecule has 0 unspecified atom stereocenters. The second-order valence-electron chi connectivity index (χ2n) is 8.69. The van der Waals surface area contributed by atoms with Crippen molar-refractivity contribution < 1.29 is 4.79 Å². The number of hydrogen-bond acceptors (Lipinski definition) is 3. The number of carbonyl (C=O) groups is 1. The highest BCUT2D eigenvalue weighted by Gasteiger charge is 2.26. The standard InChI is InChI=1S/C27H29N5O/c1-21-9-5-6-12-25(21)29-26(33)22-13-17-30(18-14-22)20-23-19-28-32(24-10-3-2-4-11-24)27(23)31-15-7-8-16-31/h2-12,15-16,19,22H,13-14,17-18,20H2,1H3,(H,29,33). The van der Waals surface area contributed by atoms with Crippen molar-refractivity contribution >= 4 is 11.6 Å². The summed E-state index contributed by atoms with van der Waals surface area (Å²) in [6.45, 7) is 4.63. The van der Waals surface area contributed by atoms with Crippen LogP contribution in [-0.4, -0.2) is 38.2 Å². The Morgan fingerprint density at radius 2 is 1.67 bits per heavy atom. The van der Waals surface area contributed by atoms with Crippen LogP contribution in [0.4, 0.5) is 5.69 Å². The van der Waals surface area contributed by atoms with Crippen molar-refractivity contribution in [3.63, 3.8) is 0 Å². The maximum absolute atomic E-state index is 12.8. The van der Waals surface area contributed by atoms with Crippen molar-refractivity contribution in [2.45, 2.75) is 26.3 Å². The number of anilines is 1. The van der Waals surface area contributed by atoms with E-state index < -0.39 is 0 Å². The number of rotatable bonds is 6. The third-order valence-corrected chi connectivity index (χ3v) is 6.42. The minimum atomic E-state index is 0.0526. The lowest BCUT2D eigenvalue weighted by atomic mass is 9.95. The van der Waals surface area contributed by atoms with Crippen LogP contribution in [0.1, 0.15) is 24.0 Å². The topological polar surface area (TPSA) is 55.1 Å². The summed E-state index contributed by atoms with van der Waals surface area (Å²) < 4.78 is 4.12. The molecule has 2 aromatic heterocycles. The number of amides is 1. The maximum Gasteiger partial charge on any atom is 0.227 e. The van der Waals surface area contributed by atoms with Gasteiger partial charge in [-0.25, -0.2) is 4.68 Å². The Morgan fingerprint density at radius 1 is 0.970 bits per heavy atom. The third kappa shape index (κ3) is 4.61. The Bertz CT molecular complexity index is 1200. The predicted molar refractivity (Wildman–Crippen MR) is 131 cm³/mol. The minimum Gasteiger partial charge on any atom is -0.326 e. The van der Waals surface area contributed by atoms with Gasteiger partial charge in [0.05, 0.1) is 11.9 Å². The molecule has 2 aromatic carbocycles. The van der Waals surface area contributed by atoms with Gasteiger partial charge in [0.2, 0.25) is 5.91 Å². The highest BCUT2D eigenvalue weighted by atomic mass is 16.1. The average Bonchev–Trinajstić information content (AvgIpc) is 3.51. The van der Waals surface area contributed by atoms with Gasteiger partial charge < -0.3 is 9.88 Å². The quantitative estimate of drug-likeness (QED) is 0.469. The molecule has 5 rings (SSSR count). The summed E-state index contributed by atoms with van der Waals surface area (Å²) in [4.78, 5) is 15.2. The maximum atomic E-state index is 12.8. The zero-order valence-electron chi connectivity index (χ0n) is 18.9. The Kier molecular flexibility index (Phi) is 6.09. The van der Waals surface area contributed by atoms with Gasteiger partial charge in [0.25, 0.3) is 0 Å². The van der Waals surface area contributed by atoms with Gasteiger partial charge in [-0.05, 0) is 68.8 Å². The fourth-order valence-electron chi connectivity index (χ4n) is 4.54. The summed E-state index contributed by atoms with van der Waals surface area (Å²) >= 11 is 0. The zero-order valence-corrected chi connectivity index (χ0v) is 18.9. The summed E-state index contributed by atoms with van der Waals surface area (Å²) in [5.74, 6) is 1.25. The van der Waals surface area contributed by atoms with Crippen LogP contribution in [0.15, 0.2) is 85.3 Å². The first-order valence-corrected chi connectivity index (χ1v) is 11.5. The summed E-state index contributed by atoms with van der Waals surface area (Å²) in [7, 11) is 0. The van der Waals surface area contributed by atoms with Gasteiger partial charge in [0.15, 0.2) is 0 Å². The Labute approximate surface area is 194 Å². The first-order chi connectivity index (χ1) is 16.2. The monoisotopic (exact) mass is 439 g/mol. The van der Waals surface area contributed by atoms with Gasteiger partial charge >= 0.3 is 0 Å². The molecule has 1 N–H and O–H groups in total. The number of aryl methyl sites for hydroxylation is 1. The number of piperidine rings is 1. The molecule has 0 radical (unpaired) electrons. The molecule has 4 aromatic rings. The Hall–Kier alpha value is -3.64. The third-order valence-electron chi connectivity index (χ3n) is 6.42. The van der Waals surface area contributed by atoms with Crippen molar-refractivity contribution in [3.05, 3.63) is 96.4 Å². The number of carbonyl (C=O) groups excluding carboxylic acids is 1. The van der Waals surface area contributed by atoms with E-state index >= 15 is 0 Å². The van der Waals surface area contributed by atoms with Crippen LogP contribution in [0.2, 0.25) is 0 Å². The minimum absolute atomic E-state index is 0.0526. The normalized spacial score (nSPS) is 14.9. The van der Waals surface area contributed by atoms with Crippen molar-refractivity contribution in [2.24, 2.45) is 5.92 Å². The molecule has 0 aliphatic carbocycles. The molecule has 6 nitrogen and oxygen atoms in total. The van der Waals surface area contributed by atoms with E-state index in [0.717, 1.165) is 55.2 Å². The first kappa shape index (κ1) is 21.2. The van der Waals surface area contributed by atoms with E-state index in [2.05, 4.69) is 39.3 Å². The van der Waals surface area contributed by atoms with Gasteiger partial charge in [-0.2, -0.15) is 5.10 Å².